The van der Waals surface area contributed by atoms with Gasteiger partial charge in [0, 0.05) is 37.8 Å². The van der Waals surface area contributed by atoms with Gasteiger partial charge in [-0.05, 0) is 20.9 Å². The zero-order valence-electron chi connectivity index (χ0n) is 10.7. The lowest BCUT2D eigenvalue weighted by atomic mass is 10.0. The highest BCUT2D eigenvalue weighted by Crippen LogP contribution is 2.17. The molecule has 1 N–H and O–H groups in total. The maximum atomic E-state index is 11.2. The van der Waals surface area contributed by atoms with Crippen molar-refractivity contribution in [2.75, 3.05) is 33.2 Å². The molecule has 1 aliphatic rings. The highest BCUT2D eigenvalue weighted by Gasteiger charge is 2.26. The average Bonchev–Trinajstić information content (AvgIpc) is 2.28. The first-order valence-electron chi connectivity index (χ1n) is 5.77. The van der Waals surface area contributed by atoms with Gasteiger partial charge >= 0.3 is 0 Å². The second-order valence-electron chi connectivity index (χ2n) is 4.88. The molecule has 0 unspecified atom stereocenters. The molecule has 1 saturated heterocycles. The zero-order valence-corrected chi connectivity index (χ0v) is 10.7. The number of carbonyl (C=O) groups excluding carboxylic acids is 1. The van der Waals surface area contributed by atoms with Gasteiger partial charge in [0.25, 0.3) is 5.91 Å². The number of nitrogens with zero attached hydrogens (tertiary/aromatic N) is 3. The van der Waals surface area contributed by atoms with Crippen LogP contribution in [0.4, 0.5) is 0 Å². The summed E-state index contributed by atoms with van der Waals surface area (Å²) in [7, 11) is 2.11. The Morgan fingerprint density at radius 2 is 1.94 bits per heavy atom. The molecule has 0 aromatic rings. The van der Waals surface area contributed by atoms with Crippen molar-refractivity contribution in [1.29, 1.82) is 5.26 Å². The van der Waals surface area contributed by atoms with Crippen molar-refractivity contribution in [3.63, 3.8) is 0 Å². The van der Waals surface area contributed by atoms with E-state index in [0.717, 1.165) is 26.2 Å². The van der Waals surface area contributed by atoms with Crippen LogP contribution in [0.15, 0.2) is 12.2 Å². The maximum Gasteiger partial charge on any atom is 0.256 e. The monoisotopic (exact) mass is 236 g/mol. The maximum absolute atomic E-state index is 11.2. The molecule has 0 aliphatic carbocycles. The third kappa shape index (κ3) is 4.17. The van der Waals surface area contributed by atoms with Crippen molar-refractivity contribution in [3.8, 4) is 6.19 Å². The van der Waals surface area contributed by atoms with Crippen LogP contribution in [0.5, 0.6) is 0 Å². The molecular weight excluding hydrogens is 216 g/mol. The molecule has 0 radical (unpaired) electrons. The number of nitriles is 1. The predicted molar refractivity (Wildman–Crippen MR) is 66.0 cm³/mol. The largest absolute Gasteiger partial charge is 0.304 e. The summed E-state index contributed by atoms with van der Waals surface area (Å²) in [5.41, 5.74) is -0.159. The zero-order chi connectivity index (χ0) is 12.9. The normalized spacial score (nSPS) is 19.2. The van der Waals surface area contributed by atoms with E-state index in [1.807, 2.05) is 6.08 Å². The van der Waals surface area contributed by atoms with Crippen LogP contribution in [0.1, 0.15) is 13.8 Å². The summed E-state index contributed by atoms with van der Waals surface area (Å²) in [5.74, 6) is -0.366. The molecule has 1 heterocycles. The Labute approximate surface area is 103 Å². The molecule has 5 nitrogen and oxygen atoms in total. The molecule has 17 heavy (non-hydrogen) atoms. The van der Waals surface area contributed by atoms with Crippen LogP contribution in [0.3, 0.4) is 0 Å². The molecule has 1 amide bonds. The van der Waals surface area contributed by atoms with E-state index in [1.54, 1.807) is 6.19 Å². The molecule has 94 valence electrons. The summed E-state index contributed by atoms with van der Waals surface area (Å²) in [6.45, 7) is 8.23. The summed E-state index contributed by atoms with van der Waals surface area (Å²) >= 11 is 0. The minimum absolute atomic E-state index is 0.159. The molecule has 5 heteroatoms. The molecule has 1 aliphatic heterocycles. The lowest BCUT2D eigenvalue weighted by molar-refractivity contribution is -0.115. The minimum Gasteiger partial charge on any atom is -0.304 e. The SMILES string of the molecule is CN1CCN(C(C)(C)C=CC(=O)NC#N)CC1. The fraction of sp³-hybridized carbons (Fsp3) is 0.667. The van der Waals surface area contributed by atoms with Crippen molar-refractivity contribution in [3.05, 3.63) is 12.2 Å². The van der Waals surface area contributed by atoms with Gasteiger partial charge in [-0.2, -0.15) is 5.26 Å². The molecule has 1 fully saturated rings. The van der Waals surface area contributed by atoms with Crippen molar-refractivity contribution >= 4 is 5.91 Å². The second-order valence-corrected chi connectivity index (χ2v) is 4.88. The average molecular weight is 236 g/mol. The summed E-state index contributed by atoms with van der Waals surface area (Å²) in [6, 6.07) is 0. The molecule has 0 aromatic carbocycles. The molecular formula is C12H20N4O. The Morgan fingerprint density at radius 1 is 1.35 bits per heavy atom. The predicted octanol–water partition coefficient (Wildman–Crippen LogP) is 0.166. The third-order valence-electron chi connectivity index (χ3n) is 3.14. The van der Waals surface area contributed by atoms with E-state index >= 15 is 0 Å². The number of amides is 1. The van der Waals surface area contributed by atoms with Gasteiger partial charge in [-0.3, -0.25) is 15.0 Å². The van der Waals surface area contributed by atoms with Crippen molar-refractivity contribution < 1.29 is 4.79 Å². The molecule has 0 atom stereocenters. The first-order valence-corrected chi connectivity index (χ1v) is 5.77. The first kappa shape index (κ1) is 13.7. The van der Waals surface area contributed by atoms with Gasteiger partial charge in [-0.15, -0.1) is 0 Å². The smallest absolute Gasteiger partial charge is 0.256 e. The summed E-state index contributed by atoms with van der Waals surface area (Å²) in [4.78, 5) is 15.8. The summed E-state index contributed by atoms with van der Waals surface area (Å²) < 4.78 is 0. The van der Waals surface area contributed by atoms with Gasteiger partial charge < -0.3 is 4.90 Å². The molecule has 0 spiro atoms. The van der Waals surface area contributed by atoms with Crippen molar-refractivity contribution in [2.24, 2.45) is 0 Å². The van der Waals surface area contributed by atoms with Crippen LogP contribution >= 0.6 is 0 Å². The van der Waals surface area contributed by atoms with Gasteiger partial charge in [-0.25, -0.2) is 0 Å². The van der Waals surface area contributed by atoms with Gasteiger partial charge in [0.05, 0.1) is 0 Å². The standard InChI is InChI=1S/C12H20N4O/c1-12(2,5-4-11(17)14-10-13)16-8-6-15(3)7-9-16/h4-5H,6-9H2,1-3H3,(H,14,17). The van der Waals surface area contributed by atoms with Crippen LogP contribution in [0, 0.1) is 11.5 Å². The van der Waals surface area contributed by atoms with Crippen LogP contribution in [-0.2, 0) is 4.79 Å². The number of rotatable bonds is 3. The lowest BCUT2D eigenvalue weighted by Crippen LogP contribution is -2.52. The fourth-order valence-corrected chi connectivity index (χ4v) is 1.86. The van der Waals surface area contributed by atoms with E-state index in [1.165, 1.54) is 6.08 Å². The van der Waals surface area contributed by atoms with Crippen LogP contribution < -0.4 is 5.32 Å². The van der Waals surface area contributed by atoms with E-state index < -0.39 is 0 Å². The van der Waals surface area contributed by atoms with Crippen LogP contribution in [0.25, 0.3) is 0 Å². The molecule has 1 rings (SSSR count). The van der Waals surface area contributed by atoms with E-state index in [-0.39, 0.29) is 11.4 Å². The van der Waals surface area contributed by atoms with Gasteiger partial charge in [0.2, 0.25) is 0 Å². The highest BCUT2D eigenvalue weighted by atomic mass is 16.1. The van der Waals surface area contributed by atoms with Crippen molar-refractivity contribution in [1.82, 2.24) is 15.1 Å². The fourth-order valence-electron chi connectivity index (χ4n) is 1.86. The Hall–Kier alpha value is -1.38. The molecule has 0 bridgehead atoms. The third-order valence-corrected chi connectivity index (χ3v) is 3.14. The summed E-state index contributed by atoms with van der Waals surface area (Å²) in [5, 5.41) is 10.4. The highest BCUT2D eigenvalue weighted by molar-refractivity contribution is 5.88. The Morgan fingerprint density at radius 3 is 2.47 bits per heavy atom. The van der Waals surface area contributed by atoms with E-state index in [0.29, 0.717) is 0 Å². The number of piperazine rings is 1. The molecule has 0 aromatic heterocycles. The molecule has 0 saturated carbocycles. The van der Waals surface area contributed by atoms with Gasteiger partial charge in [0.1, 0.15) is 0 Å². The number of carbonyl (C=O) groups is 1. The van der Waals surface area contributed by atoms with E-state index in [4.69, 9.17) is 5.26 Å². The van der Waals surface area contributed by atoms with Crippen LogP contribution in [-0.4, -0.2) is 54.5 Å². The number of nitrogens with one attached hydrogen (secondary N) is 1. The van der Waals surface area contributed by atoms with E-state index in [9.17, 15) is 4.79 Å². The first-order chi connectivity index (χ1) is 7.95. The van der Waals surface area contributed by atoms with Crippen molar-refractivity contribution in [2.45, 2.75) is 19.4 Å². The Balaban J connectivity index is 2.56. The Kier molecular flexibility index (Phi) is 4.67. The quantitative estimate of drug-likeness (QED) is 0.431. The topological polar surface area (TPSA) is 59.4 Å². The number of likely N-dealkylation sites (N-methyl/N-ethyl adjacent to an activating group) is 1. The van der Waals surface area contributed by atoms with Crippen LogP contribution in [0.2, 0.25) is 0 Å². The number of hydrogen-bond acceptors (Lipinski definition) is 4. The lowest BCUT2D eigenvalue weighted by Gasteiger charge is -2.41. The van der Waals surface area contributed by atoms with E-state index in [2.05, 4.69) is 36.0 Å². The summed E-state index contributed by atoms with van der Waals surface area (Å²) in [6.07, 6.45) is 4.90. The second kappa shape index (κ2) is 5.80. The number of hydrogen-bond donors (Lipinski definition) is 1. The Bertz CT molecular complexity index is 335. The van der Waals surface area contributed by atoms with Gasteiger partial charge in [0.15, 0.2) is 6.19 Å². The minimum atomic E-state index is -0.366. The van der Waals surface area contributed by atoms with Gasteiger partial charge in [-0.1, -0.05) is 6.08 Å².